The minimum absolute atomic E-state index is 0.0626. The normalized spacial score (nSPS) is 15.9. The van der Waals surface area contributed by atoms with Gasteiger partial charge in [-0.15, -0.1) is 0 Å². The molecule has 0 spiro atoms. The van der Waals surface area contributed by atoms with Crippen molar-refractivity contribution >= 4 is 15.9 Å². The average molecular weight is 456 g/mol. The van der Waals surface area contributed by atoms with Crippen LogP contribution in [0.25, 0.3) is 0 Å². The number of benzene rings is 2. The van der Waals surface area contributed by atoms with Gasteiger partial charge < -0.3 is 9.64 Å². The molecule has 0 atom stereocenters. The third-order valence-corrected chi connectivity index (χ3v) is 6.94. The zero-order valence-electron chi connectivity index (χ0n) is 17.1. The predicted octanol–water partition coefficient (Wildman–Crippen LogP) is 3.64. The highest BCUT2D eigenvalue weighted by atomic mass is 32.2. The topological polar surface area (TPSA) is 66.9 Å². The number of alkyl halides is 3. The summed E-state index contributed by atoms with van der Waals surface area (Å²) in [6.07, 6.45) is -3.95. The van der Waals surface area contributed by atoms with Crippen molar-refractivity contribution < 1.29 is 31.1 Å². The van der Waals surface area contributed by atoms with Gasteiger partial charge in [0.05, 0.1) is 16.0 Å². The van der Waals surface area contributed by atoms with Gasteiger partial charge in [0.15, 0.2) is 0 Å². The van der Waals surface area contributed by atoms with E-state index in [0.29, 0.717) is 25.9 Å². The zero-order valence-corrected chi connectivity index (χ0v) is 17.9. The second-order valence-corrected chi connectivity index (χ2v) is 9.54. The highest BCUT2D eigenvalue weighted by Crippen LogP contribution is 2.32. The molecule has 0 radical (unpaired) electrons. The summed E-state index contributed by atoms with van der Waals surface area (Å²) < 4.78 is 70.4. The van der Waals surface area contributed by atoms with Crippen LogP contribution in [0.1, 0.15) is 28.8 Å². The quantitative estimate of drug-likeness (QED) is 0.689. The molecular weight excluding hydrogens is 433 g/mol. The lowest BCUT2D eigenvalue weighted by Crippen LogP contribution is -2.42. The Kier molecular flexibility index (Phi) is 6.61. The molecule has 1 amide bonds. The zero-order chi connectivity index (χ0) is 22.8. The van der Waals surface area contributed by atoms with Gasteiger partial charge in [-0.3, -0.25) is 4.79 Å². The molecule has 0 aromatic heterocycles. The summed E-state index contributed by atoms with van der Waals surface area (Å²) >= 11 is 0. The number of piperidine rings is 1. The van der Waals surface area contributed by atoms with Crippen LogP contribution in [-0.2, 0) is 16.2 Å². The Morgan fingerprint density at radius 1 is 1.06 bits per heavy atom. The van der Waals surface area contributed by atoms with Gasteiger partial charge in [-0.05, 0) is 30.3 Å². The molecule has 0 N–H and O–H groups in total. The SMILES string of the molecule is CN(C)S(=O)(=O)c1ccccc1C(=O)N1CCC(Oc2cccc(C(F)(F)F)c2)CC1. The maximum absolute atomic E-state index is 13.0. The van der Waals surface area contributed by atoms with E-state index in [1.165, 1.54) is 43.3 Å². The number of carbonyl (C=O) groups excluding carboxylic acids is 1. The number of amides is 1. The molecule has 31 heavy (non-hydrogen) atoms. The minimum Gasteiger partial charge on any atom is -0.490 e. The molecule has 0 saturated carbocycles. The van der Waals surface area contributed by atoms with Gasteiger partial charge in [0.25, 0.3) is 5.91 Å². The van der Waals surface area contributed by atoms with Crippen LogP contribution in [0.15, 0.2) is 53.4 Å². The molecule has 0 bridgehead atoms. The molecule has 1 saturated heterocycles. The Balaban J connectivity index is 1.68. The molecule has 3 rings (SSSR count). The number of rotatable bonds is 5. The summed E-state index contributed by atoms with van der Waals surface area (Å²) in [6.45, 7) is 0.609. The maximum atomic E-state index is 13.0. The minimum atomic E-state index is -4.45. The predicted molar refractivity (Wildman–Crippen MR) is 108 cm³/mol. The summed E-state index contributed by atoms with van der Waals surface area (Å²) in [7, 11) is -0.998. The second-order valence-electron chi connectivity index (χ2n) is 7.42. The van der Waals surface area contributed by atoms with E-state index >= 15 is 0 Å². The fourth-order valence-electron chi connectivity index (χ4n) is 3.35. The summed E-state index contributed by atoms with van der Waals surface area (Å²) in [6, 6.07) is 10.7. The van der Waals surface area contributed by atoms with Crippen LogP contribution < -0.4 is 4.74 Å². The molecule has 1 aliphatic rings. The number of hydrogen-bond donors (Lipinski definition) is 0. The number of likely N-dealkylation sites (tertiary alicyclic amines) is 1. The molecule has 1 aliphatic heterocycles. The number of hydrogen-bond acceptors (Lipinski definition) is 4. The molecule has 2 aromatic carbocycles. The Bertz CT molecular complexity index is 1050. The van der Waals surface area contributed by atoms with Crippen LogP contribution in [0.2, 0.25) is 0 Å². The number of ether oxygens (including phenoxy) is 1. The smallest absolute Gasteiger partial charge is 0.416 e. The number of sulfonamides is 1. The van der Waals surface area contributed by atoms with Crippen molar-refractivity contribution in [2.75, 3.05) is 27.2 Å². The third kappa shape index (κ3) is 5.19. The van der Waals surface area contributed by atoms with E-state index in [0.717, 1.165) is 16.4 Å². The van der Waals surface area contributed by atoms with Gasteiger partial charge in [-0.25, -0.2) is 12.7 Å². The molecule has 10 heteroatoms. The van der Waals surface area contributed by atoms with Crippen molar-refractivity contribution in [1.29, 1.82) is 0 Å². The number of nitrogens with zero attached hydrogens (tertiary/aromatic N) is 2. The van der Waals surface area contributed by atoms with E-state index in [-0.39, 0.29) is 22.3 Å². The summed E-state index contributed by atoms with van der Waals surface area (Å²) in [4.78, 5) is 14.5. The van der Waals surface area contributed by atoms with Crippen LogP contribution in [0.4, 0.5) is 13.2 Å². The fraction of sp³-hybridized carbons (Fsp3) is 0.381. The van der Waals surface area contributed by atoms with E-state index in [1.54, 1.807) is 12.1 Å². The van der Waals surface area contributed by atoms with Gasteiger partial charge in [-0.2, -0.15) is 13.2 Å². The molecule has 0 aliphatic carbocycles. The summed E-state index contributed by atoms with van der Waals surface area (Å²) in [5.41, 5.74) is -0.690. The van der Waals surface area contributed by atoms with Crippen molar-refractivity contribution in [3.05, 3.63) is 59.7 Å². The Hall–Kier alpha value is -2.59. The third-order valence-electron chi connectivity index (χ3n) is 5.07. The standard InChI is InChI=1S/C21H23F3N2O4S/c1-25(2)31(28,29)19-9-4-3-8-18(19)20(27)26-12-10-16(11-13-26)30-17-7-5-6-15(14-17)21(22,23)24/h3-9,14,16H,10-13H2,1-2H3. The van der Waals surface area contributed by atoms with E-state index < -0.39 is 27.7 Å². The monoisotopic (exact) mass is 456 g/mol. The molecule has 1 heterocycles. The molecule has 6 nitrogen and oxygen atoms in total. The summed E-state index contributed by atoms with van der Waals surface area (Å²) in [5.74, 6) is -0.277. The molecule has 0 unspecified atom stereocenters. The van der Waals surface area contributed by atoms with Gasteiger partial charge >= 0.3 is 6.18 Å². The first-order valence-corrected chi connectivity index (χ1v) is 11.1. The van der Waals surface area contributed by atoms with E-state index in [2.05, 4.69) is 0 Å². The molecule has 168 valence electrons. The maximum Gasteiger partial charge on any atom is 0.416 e. The Morgan fingerprint density at radius 2 is 1.71 bits per heavy atom. The lowest BCUT2D eigenvalue weighted by atomic mass is 10.1. The Morgan fingerprint density at radius 3 is 2.32 bits per heavy atom. The van der Waals surface area contributed by atoms with Crippen LogP contribution in [0.5, 0.6) is 5.75 Å². The fourth-order valence-corrected chi connectivity index (χ4v) is 4.43. The number of carbonyl (C=O) groups is 1. The van der Waals surface area contributed by atoms with Gasteiger partial charge in [0.1, 0.15) is 11.9 Å². The average Bonchev–Trinajstić information content (AvgIpc) is 2.73. The highest BCUT2D eigenvalue weighted by molar-refractivity contribution is 7.89. The second kappa shape index (κ2) is 8.88. The van der Waals surface area contributed by atoms with Gasteiger partial charge in [0, 0.05) is 40.0 Å². The van der Waals surface area contributed by atoms with Crippen LogP contribution in [0, 0.1) is 0 Å². The first kappa shape index (κ1) is 23.1. The molecular formula is C21H23F3N2O4S. The van der Waals surface area contributed by atoms with Gasteiger partial charge in [-0.1, -0.05) is 18.2 Å². The Labute approximate surface area is 179 Å². The van der Waals surface area contributed by atoms with E-state index in [9.17, 15) is 26.4 Å². The van der Waals surface area contributed by atoms with Crippen LogP contribution in [-0.4, -0.2) is 56.8 Å². The lowest BCUT2D eigenvalue weighted by Gasteiger charge is -2.32. The highest BCUT2D eigenvalue weighted by Gasteiger charge is 2.32. The van der Waals surface area contributed by atoms with E-state index in [1.807, 2.05) is 0 Å². The molecule has 2 aromatic rings. The molecule has 1 fully saturated rings. The van der Waals surface area contributed by atoms with Crippen molar-refractivity contribution in [2.45, 2.75) is 30.0 Å². The van der Waals surface area contributed by atoms with Crippen molar-refractivity contribution in [2.24, 2.45) is 0 Å². The largest absolute Gasteiger partial charge is 0.490 e. The number of halogens is 3. The van der Waals surface area contributed by atoms with Crippen LogP contribution >= 0.6 is 0 Å². The van der Waals surface area contributed by atoms with Crippen LogP contribution in [0.3, 0.4) is 0 Å². The van der Waals surface area contributed by atoms with Crippen molar-refractivity contribution in [3.63, 3.8) is 0 Å². The van der Waals surface area contributed by atoms with Crippen molar-refractivity contribution in [3.8, 4) is 5.75 Å². The lowest BCUT2D eigenvalue weighted by molar-refractivity contribution is -0.137. The first-order chi connectivity index (χ1) is 14.5. The van der Waals surface area contributed by atoms with Gasteiger partial charge in [0.2, 0.25) is 10.0 Å². The summed E-state index contributed by atoms with van der Waals surface area (Å²) in [5, 5.41) is 0. The van der Waals surface area contributed by atoms with Crippen molar-refractivity contribution in [1.82, 2.24) is 9.21 Å². The van der Waals surface area contributed by atoms with E-state index in [4.69, 9.17) is 4.74 Å². The first-order valence-electron chi connectivity index (χ1n) is 9.65.